The summed E-state index contributed by atoms with van der Waals surface area (Å²) in [7, 11) is 3.75. The van der Waals surface area contributed by atoms with Crippen LogP contribution in [0.2, 0.25) is 0 Å². The standard InChI is InChI=1S/C24H17N3O2S.C2H7N/c1-2-11-27-17-9-5-4-8-15(17)20(21-16(13-25)23(28)26-24(21)29)22(27)19-12-14-7-3-6-10-18(14)30-19;1-3-2/h3-10,12H,2,11H2,1H3,(H,26,28,29);3H,1-2H3. The van der Waals surface area contributed by atoms with Gasteiger partial charge in [0.2, 0.25) is 0 Å². The van der Waals surface area contributed by atoms with Gasteiger partial charge in [-0.05, 0) is 44.1 Å². The molecule has 0 aliphatic carbocycles. The third-order valence-electron chi connectivity index (χ3n) is 5.37. The molecule has 0 saturated carbocycles. The molecule has 2 N–H and O–H groups in total. The van der Waals surface area contributed by atoms with Crippen molar-refractivity contribution >= 4 is 49.7 Å². The number of aromatic nitrogens is 1. The monoisotopic (exact) mass is 456 g/mol. The molecular weight excluding hydrogens is 432 g/mol. The minimum absolute atomic E-state index is 0.123. The summed E-state index contributed by atoms with van der Waals surface area (Å²) in [4.78, 5) is 26.0. The molecule has 0 fully saturated rings. The number of carbonyl (C=O) groups is 2. The van der Waals surface area contributed by atoms with Gasteiger partial charge in [-0.3, -0.25) is 14.9 Å². The molecule has 2 amide bonds. The van der Waals surface area contributed by atoms with Gasteiger partial charge in [0.05, 0.1) is 16.1 Å². The van der Waals surface area contributed by atoms with Crippen LogP contribution in [-0.4, -0.2) is 30.5 Å². The van der Waals surface area contributed by atoms with Crippen LogP contribution in [0.5, 0.6) is 0 Å². The van der Waals surface area contributed by atoms with E-state index in [1.807, 2.05) is 56.6 Å². The van der Waals surface area contributed by atoms with E-state index < -0.39 is 11.8 Å². The van der Waals surface area contributed by atoms with Crippen LogP contribution < -0.4 is 10.6 Å². The van der Waals surface area contributed by atoms with Crippen molar-refractivity contribution in [2.45, 2.75) is 19.9 Å². The molecule has 5 rings (SSSR count). The molecule has 2 aromatic carbocycles. The first-order valence-electron chi connectivity index (χ1n) is 10.7. The predicted octanol–water partition coefficient (Wildman–Crippen LogP) is 4.70. The lowest BCUT2D eigenvalue weighted by Gasteiger charge is -2.10. The highest BCUT2D eigenvalue weighted by atomic mass is 32.1. The quantitative estimate of drug-likeness (QED) is 0.436. The fourth-order valence-corrected chi connectivity index (χ4v) is 5.29. The zero-order valence-corrected chi connectivity index (χ0v) is 19.5. The van der Waals surface area contributed by atoms with Crippen LogP contribution in [0.15, 0.2) is 60.2 Å². The molecule has 0 spiro atoms. The normalized spacial score (nSPS) is 13.3. The summed E-state index contributed by atoms with van der Waals surface area (Å²) in [6.45, 7) is 2.86. The maximum Gasteiger partial charge on any atom is 0.269 e. The molecule has 2 aromatic heterocycles. The van der Waals surface area contributed by atoms with Crippen LogP contribution in [0.1, 0.15) is 18.9 Å². The number of amides is 2. The van der Waals surface area contributed by atoms with Crippen LogP contribution in [0, 0.1) is 11.3 Å². The molecule has 3 heterocycles. The van der Waals surface area contributed by atoms with E-state index in [9.17, 15) is 14.9 Å². The molecule has 0 atom stereocenters. The average Bonchev–Trinajstić information content (AvgIpc) is 3.45. The molecule has 4 aromatic rings. The lowest BCUT2D eigenvalue weighted by atomic mass is 9.98. The fourth-order valence-electron chi connectivity index (χ4n) is 4.17. The van der Waals surface area contributed by atoms with E-state index in [1.165, 1.54) is 0 Å². The highest BCUT2D eigenvalue weighted by Gasteiger charge is 2.36. The second kappa shape index (κ2) is 9.41. The Morgan fingerprint density at radius 1 is 1.06 bits per heavy atom. The highest BCUT2D eigenvalue weighted by molar-refractivity contribution is 7.22. The van der Waals surface area contributed by atoms with E-state index in [4.69, 9.17) is 0 Å². The Bertz CT molecular complexity index is 1420. The van der Waals surface area contributed by atoms with Gasteiger partial charge in [-0.1, -0.05) is 43.3 Å². The van der Waals surface area contributed by atoms with Gasteiger partial charge >= 0.3 is 0 Å². The molecule has 1 aliphatic heterocycles. The number of thiophene rings is 1. The average molecular weight is 457 g/mol. The molecule has 0 saturated heterocycles. The predicted molar refractivity (Wildman–Crippen MR) is 134 cm³/mol. The van der Waals surface area contributed by atoms with E-state index in [2.05, 4.69) is 40.3 Å². The Morgan fingerprint density at radius 2 is 1.76 bits per heavy atom. The van der Waals surface area contributed by atoms with Gasteiger partial charge in [-0.15, -0.1) is 11.3 Å². The maximum absolute atomic E-state index is 12.8. The summed E-state index contributed by atoms with van der Waals surface area (Å²) in [5, 5.41) is 16.7. The van der Waals surface area contributed by atoms with Gasteiger partial charge in [-0.2, -0.15) is 5.26 Å². The van der Waals surface area contributed by atoms with Crippen LogP contribution in [0.3, 0.4) is 0 Å². The first-order valence-corrected chi connectivity index (χ1v) is 11.6. The minimum Gasteiger partial charge on any atom is -0.339 e. The van der Waals surface area contributed by atoms with Crippen LogP contribution in [0.25, 0.3) is 37.1 Å². The SMILES string of the molecule is CCCn1c(-c2cc3ccccc3s2)c(C2=C(C#N)C(=O)NC2=O)c2ccccc21.CNC. The number of hydrogen-bond acceptors (Lipinski definition) is 5. The number of carbonyl (C=O) groups excluding carboxylic acids is 2. The molecule has 6 nitrogen and oxygen atoms in total. The van der Waals surface area contributed by atoms with Crippen molar-refractivity contribution < 1.29 is 9.59 Å². The number of benzene rings is 2. The van der Waals surface area contributed by atoms with E-state index >= 15 is 0 Å². The Morgan fingerprint density at radius 3 is 2.45 bits per heavy atom. The first kappa shape index (κ1) is 22.5. The number of aryl methyl sites for hydroxylation is 1. The Kier molecular flexibility index (Phi) is 6.40. The number of nitrogens with zero attached hydrogens (tertiary/aromatic N) is 2. The number of nitriles is 1. The van der Waals surface area contributed by atoms with Crippen LogP contribution >= 0.6 is 11.3 Å². The number of fused-ring (bicyclic) bond motifs is 2. The van der Waals surface area contributed by atoms with E-state index in [0.29, 0.717) is 5.56 Å². The zero-order valence-electron chi connectivity index (χ0n) is 18.7. The molecule has 0 unspecified atom stereocenters. The van der Waals surface area contributed by atoms with Gasteiger partial charge in [-0.25, -0.2) is 0 Å². The zero-order chi connectivity index (χ0) is 23.5. The van der Waals surface area contributed by atoms with Crippen molar-refractivity contribution in [2.75, 3.05) is 14.1 Å². The van der Waals surface area contributed by atoms with Gasteiger partial charge in [0.25, 0.3) is 11.8 Å². The fraction of sp³-hybridized carbons (Fsp3) is 0.192. The Labute approximate surface area is 196 Å². The molecule has 166 valence electrons. The molecule has 0 radical (unpaired) electrons. The summed E-state index contributed by atoms with van der Waals surface area (Å²) < 4.78 is 3.35. The highest BCUT2D eigenvalue weighted by Crippen LogP contribution is 2.44. The van der Waals surface area contributed by atoms with Crippen molar-refractivity contribution in [2.24, 2.45) is 0 Å². The van der Waals surface area contributed by atoms with Gasteiger partial charge in [0.1, 0.15) is 11.6 Å². The van der Waals surface area contributed by atoms with Crippen molar-refractivity contribution in [3.05, 3.63) is 65.7 Å². The second-order valence-corrected chi connectivity index (χ2v) is 8.77. The molecular formula is C26H24N4O2S. The van der Waals surface area contributed by atoms with E-state index in [-0.39, 0.29) is 11.1 Å². The third kappa shape index (κ3) is 3.84. The molecule has 0 bridgehead atoms. The summed E-state index contributed by atoms with van der Waals surface area (Å²) in [6, 6.07) is 20.1. The maximum atomic E-state index is 12.8. The largest absolute Gasteiger partial charge is 0.339 e. The van der Waals surface area contributed by atoms with Gasteiger partial charge < -0.3 is 9.88 Å². The van der Waals surface area contributed by atoms with Gasteiger partial charge in [0, 0.05) is 27.7 Å². The Balaban J connectivity index is 0.000000821. The van der Waals surface area contributed by atoms with E-state index in [0.717, 1.165) is 44.5 Å². The first-order chi connectivity index (χ1) is 16.0. The Hall–Kier alpha value is -3.73. The van der Waals surface area contributed by atoms with Crippen molar-refractivity contribution in [1.82, 2.24) is 15.2 Å². The van der Waals surface area contributed by atoms with Gasteiger partial charge in [0.15, 0.2) is 0 Å². The summed E-state index contributed by atoms with van der Waals surface area (Å²) in [5.74, 6) is -1.15. The van der Waals surface area contributed by atoms with Crippen molar-refractivity contribution in [1.29, 1.82) is 5.26 Å². The number of rotatable bonds is 4. The number of hydrogen-bond donors (Lipinski definition) is 2. The molecule has 7 heteroatoms. The number of imide groups is 1. The van der Waals surface area contributed by atoms with E-state index in [1.54, 1.807) is 11.3 Å². The third-order valence-corrected chi connectivity index (χ3v) is 6.49. The summed E-state index contributed by atoms with van der Waals surface area (Å²) >= 11 is 1.65. The molecule has 1 aliphatic rings. The summed E-state index contributed by atoms with van der Waals surface area (Å²) in [5.41, 5.74) is 2.57. The lowest BCUT2D eigenvalue weighted by Crippen LogP contribution is -2.22. The topological polar surface area (TPSA) is 86.9 Å². The van der Waals surface area contributed by atoms with Crippen LogP contribution in [-0.2, 0) is 16.1 Å². The second-order valence-electron chi connectivity index (χ2n) is 7.69. The molecule has 33 heavy (non-hydrogen) atoms. The number of nitrogens with one attached hydrogen (secondary N) is 2. The van der Waals surface area contributed by atoms with Crippen molar-refractivity contribution in [3.63, 3.8) is 0 Å². The lowest BCUT2D eigenvalue weighted by molar-refractivity contribution is -0.123. The smallest absolute Gasteiger partial charge is 0.269 e. The number of para-hydroxylation sites is 1. The van der Waals surface area contributed by atoms with Crippen LogP contribution in [0.4, 0.5) is 0 Å². The minimum atomic E-state index is -0.632. The summed E-state index contributed by atoms with van der Waals surface area (Å²) in [6.07, 6.45) is 0.908. The van der Waals surface area contributed by atoms with Crippen molar-refractivity contribution in [3.8, 4) is 16.6 Å².